The number of amides is 1. The van der Waals surface area contributed by atoms with Gasteiger partial charge in [0, 0.05) is 23.9 Å². The zero-order chi connectivity index (χ0) is 16.3. The molecule has 0 fully saturated rings. The van der Waals surface area contributed by atoms with E-state index >= 15 is 0 Å². The number of carbonyl (C=O) groups is 1. The predicted molar refractivity (Wildman–Crippen MR) is 87.2 cm³/mol. The molecule has 5 heteroatoms. The summed E-state index contributed by atoms with van der Waals surface area (Å²) in [4.78, 5) is 15.3. The Morgan fingerprint density at radius 1 is 1.36 bits per heavy atom. The largest absolute Gasteiger partial charge is 0.383 e. The van der Waals surface area contributed by atoms with Crippen LogP contribution in [0.3, 0.4) is 0 Å². The minimum absolute atomic E-state index is 0.122. The van der Waals surface area contributed by atoms with Gasteiger partial charge in [0.1, 0.15) is 17.5 Å². The molecule has 1 aromatic heterocycles. The Balaban J connectivity index is 2.61. The van der Waals surface area contributed by atoms with Gasteiger partial charge in [0.2, 0.25) is 5.91 Å². The average molecular weight is 294 g/mol. The first-order valence-corrected chi connectivity index (χ1v) is 7.05. The number of benzene rings is 1. The second-order valence-corrected chi connectivity index (χ2v) is 5.03. The summed E-state index contributed by atoms with van der Waals surface area (Å²) >= 11 is 0. The molecule has 1 heterocycles. The number of nitrogens with zero attached hydrogens (tertiary/aromatic N) is 2. The van der Waals surface area contributed by atoms with Crippen LogP contribution in [0.5, 0.6) is 0 Å². The molecular weight excluding hydrogens is 276 g/mol. The third kappa shape index (κ3) is 2.91. The number of nitrogen functional groups attached to an aromatic ring is 1. The molecule has 0 atom stereocenters. The molecule has 2 aromatic rings. The number of nitrogens with one attached hydrogen (secondary N) is 1. The van der Waals surface area contributed by atoms with Crippen LogP contribution in [0.25, 0.3) is 11.1 Å². The standard InChI is InChI=1S/C17H18N4O/c1-4-14-10(2)20-17(19)15(9-18)16(14)12-5-7-13(8-6-12)21-11(3)22/h5-8H,4H2,1-3H3,(H2,19,20)(H,21,22). The second-order valence-electron chi connectivity index (χ2n) is 5.03. The average Bonchev–Trinajstić information content (AvgIpc) is 2.47. The van der Waals surface area contributed by atoms with Crippen LogP contribution in [-0.2, 0) is 11.2 Å². The highest BCUT2D eigenvalue weighted by molar-refractivity contribution is 5.89. The van der Waals surface area contributed by atoms with E-state index in [-0.39, 0.29) is 11.7 Å². The lowest BCUT2D eigenvalue weighted by Gasteiger charge is -2.15. The molecule has 0 saturated carbocycles. The molecule has 0 saturated heterocycles. The maximum Gasteiger partial charge on any atom is 0.221 e. The molecule has 3 N–H and O–H groups in total. The summed E-state index contributed by atoms with van der Waals surface area (Å²) in [6.07, 6.45) is 0.760. The van der Waals surface area contributed by atoms with Crippen LogP contribution in [0.15, 0.2) is 24.3 Å². The minimum Gasteiger partial charge on any atom is -0.383 e. The second kappa shape index (κ2) is 6.27. The highest BCUT2D eigenvalue weighted by Gasteiger charge is 2.16. The highest BCUT2D eigenvalue weighted by atomic mass is 16.1. The lowest BCUT2D eigenvalue weighted by atomic mass is 9.93. The Bertz CT molecular complexity index is 758. The Morgan fingerprint density at radius 2 is 2.00 bits per heavy atom. The van der Waals surface area contributed by atoms with Crippen LogP contribution in [0.1, 0.15) is 30.7 Å². The van der Waals surface area contributed by atoms with Gasteiger partial charge in [0.05, 0.1) is 0 Å². The van der Waals surface area contributed by atoms with E-state index in [1.54, 1.807) is 0 Å². The zero-order valence-corrected chi connectivity index (χ0v) is 12.9. The van der Waals surface area contributed by atoms with Crippen molar-refractivity contribution in [3.05, 3.63) is 41.1 Å². The molecule has 22 heavy (non-hydrogen) atoms. The van der Waals surface area contributed by atoms with Crippen molar-refractivity contribution in [3.8, 4) is 17.2 Å². The van der Waals surface area contributed by atoms with E-state index in [4.69, 9.17) is 5.73 Å². The number of nitriles is 1. The number of pyridine rings is 1. The number of anilines is 2. The Morgan fingerprint density at radius 3 is 2.50 bits per heavy atom. The van der Waals surface area contributed by atoms with Crippen molar-refractivity contribution in [1.29, 1.82) is 5.26 Å². The van der Waals surface area contributed by atoms with Gasteiger partial charge in [-0.05, 0) is 36.6 Å². The maximum atomic E-state index is 11.1. The topological polar surface area (TPSA) is 91.8 Å². The van der Waals surface area contributed by atoms with Gasteiger partial charge < -0.3 is 11.1 Å². The van der Waals surface area contributed by atoms with Gasteiger partial charge >= 0.3 is 0 Å². The van der Waals surface area contributed by atoms with E-state index in [1.807, 2.05) is 38.1 Å². The molecule has 0 bridgehead atoms. The number of rotatable bonds is 3. The van der Waals surface area contributed by atoms with Gasteiger partial charge in [-0.25, -0.2) is 4.98 Å². The van der Waals surface area contributed by atoms with E-state index in [9.17, 15) is 10.1 Å². The van der Waals surface area contributed by atoms with E-state index in [1.165, 1.54) is 6.92 Å². The van der Waals surface area contributed by atoms with Crippen molar-refractivity contribution >= 4 is 17.4 Å². The Kier molecular flexibility index (Phi) is 4.42. The number of aryl methyl sites for hydroxylation is 1. The normalized spacial score (nSPS) is 10.1. The molecule has 1 amide bonds. The molecule has 0 aliphatic rings. The molecule has 1 aromatic carbocycles. The molecule has 0 aliphatic heterocycles. The monoisotopic (exact) mass is 294 g/mol. The SMILES string of the molecule is CCc1c(C)nc(N)c(C#N)c1-c1ccc(NC(C)=O)cc1. The van der Waals surface area contributed by atoms with Gasteiger partial charge in [0.25, 0.3) is 0 Å². The third-order valence-corrected chi connectivity index (χ3v) is 3.49. The number of carbonyl (C=O) groups excluding carboxylic acids is 1. The number of hydrogen-bond acceptors (Lipinski definition) is 4. The molecule has 0 aliphatic carbocycles. The van der Waals surface area contributed by atoms with E-state index in [0.717, 1.165) is 28.8 Å². The first-order valence-electron chi connectivity index (χ1n) is 7.05. The van der Waals surface area contributed by atoms with Crippen LogP contribution in [-0.4, -0.2) is 10.9 Å². The number of aromatic nitrogens is 1. The summed E-state index contributed by atoms with van der Waals surface area (Å²) in [5.74, 6) is 0.127. The smallest absolute Gasteiger partial charge is 0.221 e. The quantitative estimate of drug-likeness (QED) is 0.910. The summed E-state index contributed by atoms with van der Waals surface area (Å²) in [6.45, 7) is 5.38. The van der Waals surface area contributed by atoms with Crippen LogP contribution in [0, 0.1) is 18.3 Å². The Hall–Kier alpha value is -2.87. The van der Waals surface area contributed by atoms with Crippen molar-refractivity contribution in [2.75, 3.05) is 11.1 Å². The van der Waals surface area contributed by atoms with Crippen LogP contribution < -0.4 is 11.1 Å². The van der Waals surface area contributed by atoms with E-state index in [2.05, 4.69) is 16.4 Å². The molecule has 0 spiro atoms. The number of nitrogens with two attached hydrogens (primary N) is 1. The van der Waals surface area contributed by atoms with E-state index < -0.39 is 0 Å². The van der Waals surface area contributed by atoms with Crippen molar-refractivity contribution in [2.24, 2.45) is 0 Å². The summed E-state index contributed by atoms with van der Waals surface area (Å²) < 4.78 is 0. The Labute approximate surface area is 129 Å². The van der Waals surface area contributed by atoms with Crippen molar-refractivity contribution < 1.29 is 4.79 Å². The molecular formula is C17H18N4O. The first kappa shape index (κ1) is 15.5. The van der Waals surface area contributed by atoms with Crippen LogP contribution in [0.4, 0.5) is 11.5 Å². The fourth-order valence-corrected chi connectivity index (χ4v) is 2.55. The van der Waals surface area contributed by atoms with E-state index in [0.29, 0.717) is 11.3 Å². The van der Waals surface area contributed by atoms with Gasteiger partial charge in [-0.15, -0.1) is 0 Å². The van der Waals surface area contributed by atoms with Gasteiger partial charge in [-0.1, -0.05) is 19.1 Å². The minimum atomic E-state index is -0.122. The lowest BCUT2D eigenvalue weighted by Crippen LogP contribution is -2.06. The summed E-state index contributed by atoms with van der Waals surface area (Å²) in [7, 11) is 0. The highest BCUT2D eigenvalue weighted by Crippen LogP contribution is 2.32. The van der Waals surface area contributed by atoms with Crippen molar-refractivity contribution in [1.82, 2.24) is 4.98 Å². The van der Waals surface area contributed by atoms with Gasteiger partial charge in [-0.2, -0.15) is 5.26 Å². The fraction of sp³-hybridized carbons (Fsp3) is 0.235. The first-order chi connectivity index (χ1) is 10.5. The van der Waals surface area contributed by atoms with Gasteiger partial charge in [-0.3, -0.25) is 4.79 Å². The molecule has 0 radical (unpaired) electrons. The molecule has 112 valence electrons. The summed E-state index contributed by atoms with van der Waals surface area (Å²) in [5, 5.41) is 12.1. The predicted octanol–water partition coefficient (Wildman–Crippen LogP) is 3.03. The fourth-order valence-electron chi connectivity index (χ4n) is 2.55. The lowest BCUT2D eigenvalue weighted by molar-refractivity contribution is -0.114. The van der Waals surface area contributed by atoms with Crippen molar-refractivity contribution in [3.63, 3.8) is 0 Å². The number of hydrogen-bond donors (Lipinski definition) is 2. The third-order valence-electron chi connectivity index (χ3n) is 3.49. The van der Waals surface area contributed by atoms with Gasteiger partial charge in [0.15, 0.2) is 0 Å². The van der Waals surface area contributed by atoms with Crippen molar-refractivity contribution in [2.45, 2.75) is 27.2 Å². The van der Waals surface area contributed by atoms with Crippen LogP contribution >= 0.6 is 0 Å². The molecule has 0 unspecified atom stereocenters. The molecule has 5 nitrogen and oxygen atoms in total. The maximum absolute atomic E-state index is 11.1. The summed E-state index contributed by atoms with van der Waals surface area (Å²) in [5.41, 5.74) is 10.6. The molecule has 2 rings (SSSR count). The van der Waals surface area contributed by atoms with Crippen LogP contribution in [0.2, 0.25) is 0 Å². The summed E-state index contributed by atoms with van der Waals surface area (Å²) in [6, 6.07) is 9.52. The zero-order valence-electron chi connectivity index (χ0n) is 12.9.